The molecule has 9 atom stereocenters. The van der Waals surface area contributed by atoms with Gasteiger partial charge in [0.25, 0.3) is 0 Å². The first-order valence-corrected chi connectivity index (χ1v) is 13.6. The largest absolute Gasteiger partial charge is 0.393 e. The van der Waals surface area contributed by atoms with E-state index in [1.165, 1.54) is 18.3 Å². The van der Waals surface area contributed by atoms with Gasteiger partial charge in [-0.15, -0.1) is 0 Å². The molecule has 0 bridgehead atoms. The van der Waals surface area contributed by atoms with E-state index in [1.54, 1.807) is 0 Å². The van der Waals surface area contributed by atoms with Crippen molar-refractivity contribution in [1.29, 1.82) is 0 Å². The highest BCUT2D eigenvalue weighted by molar-refractivity contribution is 5.95. The van der Waals surface area contributed by atoms with Crippen LogP contribution >= 0.6 is 0 Å². The second-order valence-electron chi connectivity index (χ2n) is 14.8. The van der Waals surface area contributed by atoms with Gasteiger partial charge in [-0.2, -0.15) is 0 Å². The quantitative estimate of drug-likeness (QED) is 0.458. The van der Waals surface area contributed by atoms with Gasteiger partial charge in [-0.25, -0.2) is 0 Å². The van der Waals surface area contributed by atoms with Gasteiger partial charge in [0.05, 0.1) is 6.10 Å². The molecule has 0 amide bonds. The van der Waals surface area contributed by atoms with Crippen molar-refractivity contribution in [3.05, 3.63) is 11.6 Å². The average Bonchev–Trinajstić information content (AvgIpc) is 2.74. The van der Waals surface area contributed by atoms with Crippen molar-refractivity contribution in [2.45, 2.75) is 112 Å². The second-order valence-corrected chi connectivity index (χ2v) is 14.8. The molecule has 0 heterocycles. The van der Waals surface area contributed by atoms with E-state index in [9.17, 15) is 14.7 Å². The van der Waals surface area contributed by atoms with E-state index in [2.05, 4.69) is 54.5 Å². The molecule has 5 rings (SSSR count). The highest BCUT2D eigenvalue weighted by Crippen LogP contribution is 2.75. The van der Waals surface area contributed by atoms with Crippen molar-refractivity contribution >= 4 is 12.1 Å². The fourth-order valence-corrected chi connectivity index (χ4v) is 10.3. The Morgan fingerprint density at radius 3 is 2.24 bits per heavy atom. The van der Waals surface area contributed by atoms with Gasteiger partial charge in [0.15, 0.2) is 5.78 Å². The molecule has 0 aliphatic heterocycles. The Labute approximate surface area is 201 Å². The number of hydrogen-bond acceptors (Lipinski definition) is 3. The Kier molecular flexibility index (Phi) is 4.92. The lowest BCUT2D eigenvalue weighted by atomic mass is 9.33. The fraction of sp³-hybridized carbons (Fsp3) is 0.867. The number of carbonyl (C=O) groups excluding carboxylic acids is 2. The molecule has 4 saturated carbocycles. The van der Waals surface area contributed by atoms with Crippen molar-refractivity contribution < 1.29 is 14.7 Å². The van der Waals surface area contributed by atoms with E-state index < -0.39 is 0 Å². The van der Waals surface area contributed by atoms with E-state index >= 15 is 0 Å². The molecule has 184 valence electrons. The fourth-order valence-electron chi connectivity index (χ4n) is 10.3. The summed E-state index contributed by atoms with van der Waals surface area (Å²) in [6, 6.07) is 0. The van der Waals surface area contributed by atoms with Crippen LogP contribution in [0.5, 0.6) is 0 Å². The first-order chi connectivity index (χ1) is 15.2. The third-order valence-electron chi connectivity index (χ3n) is 12.9. The van der Waals surface area contributed by atoms with Gasteiger partial charge in [-0.1, -0.05) is 54.0 Å². The standard InChI is InChI=1S/C30H46O3/c1-25(2)22-8-11-30(7)24(28(22,5)10-9-23(25)33)21(32)16-19-20-17-26(3,18-31)12-13-27(20,4)14-15-29(19,30)6/h16,18,20,22-24,33H,8-15,17H2,1-7H3/t20-,22?,23?,24+,26?,27+,28-,29+,30+/m0/s1. The molecule has 0 aromatic carbocycles. The first-order valence-electron chi connectivity index (χ1n) is 13.6. The Morgan fingerprint density at radius 2 is 1.58 bits per heavy atom. The Morgan fingerprint density at radius 1 is 0.909 bits per heavy atom. The van der Waals surface area contributed by atoms with Crippen LogP contribution in [0.2, 0.25) is 0 Å². The van der Waals surface area contributed by atoms with Gasteiger partial charge in [0.2, 0.25) is 0 Å². The Hall–Kier alpha value is -0.960. The number of allylic oxidation sites excluding steroid dienone is 2. The Bertz CT molecular complexity index is 918. The normalized spacial score (nSPS) is 55.4. The summed E-state index contributed by atoms with van der Waals surface area (Å²) >= 11 is 0. The number of hydrogen-bond donors (Lipinski definition) is 1. The number of aliphatic hydroxyl groups is 1. The Balaban J connectivity index is 1.63. The molecule has 1 N–H and O–H groups in total. The van der Waals surface area contributed by atoms with Crippen molar-refractivity contribution in [3.8, 4) is 0 Å². The van der Waals surface area contributed by atoms with Gasteiger partial charge >= 0.3 is 0 Å². The maximum Gasteiger partial charge on any atom is 0.159 e. The summed E-state index contributed by atoms with van der Waals surface area (Å²) in [5, 5.41) is 10.9. The van der Waals surface area contributed by atoms with Crippen LogP contribution in [-0.2, 0) is 9.59 Å². The monoisotopic (exact) mass is 454 g/mol. The summed E-state index contributed by atoms with van der Waals surface area (Å²) < 4.78 is 0. The minimum atomic E-state index is -0.279. The minimum absolute atomic E-state index is 0.00503. The third-order valence-corrected chi connectivity index (χ3v) is 12.9. The maximum atomic E-state index is 14.2. The number of rotatable bonds is 1. The molecule has 3 unspecified atom stereocenters. The molecular weight excluding hydrogens is 408 g/mol. The number of ketones is 1. The number of aldehydes is 1. The lowest BCUT2D eigenvalue weighted by molar-refractivity contribution is -0.202. The van der Waals surface area contributed by atoms with Crippen LogP contribution in [0.4, 0.5) is 0 Å². The number of fused-ring (bicyclic) bond motifs is 7. The summed E-state index contributed by atoms with van der Waals surface area (Å²) in [4.78, 5) is 26.2. The SMILES string of the molecule is CC1(C=O)CC[C@]2(C)CC[C@]3(C)C(=CC(=O)[C@@H]4[C@@]5(C)CCC(O)C(C)(C)C5CC[C@]43C)[C@@H]2C1. The molecule has 5 aliphatic carbocycles. The van der Waals surface area contributed by atoms with Crippen molar-refractivity contribution in [2.24, 2.45) is 50.2 Å². The van der Waals surface area contributed by atoms with Crippen molar-refractivity contribution in [1.82, 2.24) is 0 Å². The van der Waals surface area contributed by atoms with Crippen LogP contribution < -0.4 is 0 Å². The van der Waals surface area contributed by atoms with Crippen LogP contribution in [-0.4, -0.2) is 23.3 Å². The molecule has 0 saturated heterocycles. The first kappa shape index (κ1) is 23.8. The van der Waals surface area contributed by atoms with Gasteiger partial charge < -0.3 is 9.90 Å². The summed E-state index contributed by atoms with van der Waals surface area (Å²) in [6.45, 7) is 16.3. The number of aliphatic hydroxyl groups excluding tert-OH is 1. The van der Waals surface area contributed by atoms with Gasteiger partial charge in [0, 0.05) is 11.3 Å². The summed E-state index contributed by atoms with van der Waals surface area (Å²) in [5.41, 5.74) is 1.04. The molecule has 0 aromatic heterocycles. The van der Waals surface area contributed by atoms with Crippen LogP contribution in [0.15, 0.2) is 11.6 Å². The molecule has 0 radical (unpaired) electrons. The molecule has 0 spiro atoms. The molecular formula is C30H46O3. The number of carbonyl (C=O) groups is 2. The van der Waals surface area contributed by atoms with Crippen LogP contribution in [0.25, 0.3) is 0 Å². The predicted molar refractivity (Wildman–Crippen MR) is 131 cm³/mol. The van der Waals surface area contributed by atoms with E-state index in [1.807, 2.05) is 0 Å². The van der Waals surface area contributed by atoms with Gasteiger partial charge in [0.1, 0.15) is 6.29 Å². The van der Waals surface area contributed by atoms with Crippen molar-refractivity contribution in [3.63, 3.8) is 0 Å². The minimum Gasteiger partial charge on any atom is -0.393 e. The molecule has 5 aliphatic rings. The molecule has 0 aromatic rings. The molecule has 4 fully saturated rings. The van der Waals surface area contributed by atoms with E-state index in [0.29, 0.717) is 17.6 Å². The predicted octanol–water partition coefficient (Wildman–Crippen LogP) is 6.53. The summed E-state index contributed by atoms with van der Waals surface area (Å²) in [6.07, 6.45) is 12.2. The zero-order valence-electron chi connectivity index (χ0n) is 22.1. The van der Waals surface area contributed by atoms with E-state index in [4.69, 9.17) is 0 Å². The topological polar surface area (TPSA) is 54.4 Å². The molecule has 3 heteroatoms. The lowest BCUT2D eigenvalue weighted by Gasteiger charge is -2.70. The van der Waals surface area contributed by atoms with Gasteiger partial charge in [-0.05, 0) is 103 Å². The highest BCUT2D eigenvalue weighted by atomic mass is 16.3. The van der Waals surface area contributed by atoms with E-state index in [-0.39, 0.29) is 44.5 Å². The maximum absolute atomic E-state index is 14.2. The smallest absolute Gasteiger partial charge is 0.159 e. The van der Waals surface area contributed by atoms with E-state index in [0.717, 1.165) is 51.4 Å². The summed E-state index contributed by atoms with van der Waals surface area (Å²) in [7, 11) is 0. The molecule has 33 heavy (non-hydrogen) atoms. The average molecular weight is 455 g/mol. The van der Waals surface area contributed by atoms with Crippen molar-refractivity contribution in [2.75, 3.05) is 0 Å². The van der Waals surface area contributed by atoms with Crippen LogP contribution in [0, 0.1) is 50.2 Å². The third kappa shape index (κ3) is 2.84. The second kappa shape index (κ2) is 6.83. The highest BCUT2D eigenvalue weighted by Gasteiger charge is 2.70. The summed E-state index contributed by atoms with van der Waals surface area (Å²) in [5.74, 6) is 1.06. The van der Waals surface area contributed by atoms with Crippen LogP contribution in [0.3, 0.4) is 0 Å². The zero-order valence-corrected chi connectivity index (χ0v) is 22.1. The lowest BCUT2D eigenvalue weighted by Crippen LogP contribution is -2.66. The molecule has 3 nitrogen and oxygen atoms in total. The van der Waals surface area contributed by atoms with Gasteiger partial charge in [-0.3, -0.25) is 4.79 Å². The zero-order chi connectivity index (χ0) is 24.2. The van der Waals surface area contributed by atoms with Crippen LogP contribution in [0.1, 0.15) is 106 Å².